The van der Waals surface area contributed by atoms with Crippen LogP contribution in [0, 0.1) is 11.8 Å². The molecule has 0 saturated carbocycles. The summed E-state index contributed by atoms with van der Waals surface area (Å²) >= 11 is 0. The minimum absolute atomic E-state index is 0. The summed E-state index contributed by atoms with van der Waals surface area (Å²) in [6.45, 7) is 7.47. The average molecular weight is 589 g/mol. The molecule has 3 aliphatic rings. The molecule has 4 heterocycles. The highest BCUT2D eigenvalue weighted by atomic mass is 35.5. The fourth-order valence-electron chi connectivity index (χ4n) is 4.75. The second-order valence-corrected chi connectivity index (χ2v) is 9.66. The summed E-state index contributed by atoms with van der Waals surface area (Å²) in [5.41, 5.74) is 9.49. The number of nitrogens with two attached hydrogens (primary N) is 1. The maximum atomic E-state index is 6.26. The van der Waals surface area contributed by atoms with Gasteiger partial charge in [-0.05, 0) is 36.8 Å². The van der Waals surface area contributed by atoms with Crippen LogP contribution in [0.25, 0.3) is 10.9 Å². The Morgan fingerprint density at radius 3 is 2.45 bits per heavy atom. The van der Waals surface area contributed by atoms with Gasteiger partial charge in [-0.1, -0.05) is 44.2 Å². The number of hydrogen-bond donors (Lipinski definition) is 2. The molecule has 1 aromatic heterocycles. The lowest BCUT2D eigenvalue weighted by Gasteiger charge is -2.34. The zero-order valence-corrected chi connectivity index (χ0v) is 24.2. The van der Waals surface area contributed by atoms with Crippen molar-refractivity contribution < 1.29 is 11.0 Å². The number of nitrogens with one attached hydrogen (secondary N) is 1. The Balaban J connectivity index is 0.00000274. The van der Waals surface area contributed by atoms with Gasteiger partial charge in [0.25, 0.3) is 0 Å². The number of piperidine rings is 1. The van der Waals surface area contributed by atoms with Crippen molar-refractivity contribution in [3.8, 4) is 0 Å². The molecule has 0 bridgehead atoms. The molecule has 5 rings (SSSR count). The smallest absolute Gasteiger partial charge is 0.225 e. The van der Waals surface area contributed by atoms with Gasteiger partial charge >= 0.3 is 0 Å². The highest BCUT2D eigenvalue weighted by Gasteiger charge is 2.29. The van der Waals surface area contributed by atoms with E-state index >= 15 is 0 Å². The van der Waals surface area contributed by atoms with E-state index < -0.39 is 0 Å². The van der Waals surface area contributed by atoms with Crippen molar-refractivity contribution in [1.29, 1.82) is 0 Å². The third-order valence-corrected chi connectivity index (χ3v) is 6.94. The van der Waals surface area contributed by atoms with Crippen molar-refractivity contribution in [2.45, 2.75) is 45.2 Å². The molecule has 2 aromatic rings. The Morgan fingerprint density at radius 1 is 1.03 bits per heavy atom. The van der Waals surface area contributed by atoms with Crippen molar-refractivity contribution in [1.82, 2.24) is 15.2 Å². The monoisotopic (exact) mass is 587 g/mol. The van der Waals surface area contributed by atoms with Crippen molar-refractivity contribution in [3.63, 3.8) is 0 Å². The van der Waals surface area contributed by atoms with E-state index in [0.29, 0.717) is 17.9 Å². The van der Waals surface area contributed by atoms with Crippen LogP contribution in [-0.2, 0) is 6.42 Å². The van der Waals surface area contributed by atoms with E-state index in [1.54, 1.807) is 0 Å². The van der Waals surface area contributed by atoms with Gasteiger partial charge in [0.05, 0.1) is 11.2 Å². The quantitative estimate of drug-likeness (QED) is 0.532. The number of fused-ring (bicyclic) bond motifs is 2. The lowest BCUT2D eigenvalue weighted by atomic mass is 9.91. The number of rotatable bonds is 6. The van der Waals surface area contributed by atoms with Crippen molar-refractivity contribution in [2.75, 3.05) is 19.6 Å². The summed E-state index contributed by atoms with van der Waals surface area (Å²) in [4.78, 5) is 21.2. The molecule has 1 saturated heterocycles. The number of aliphatic imine (C=N–C) groups is 3. The number of para-hydroxylation sites is 1. The van der Waals surface area contributed by atoms with Gasteiger partial charge < -0.3 is 26.9 Å². The van der Waals surface area contributed by atoms with E-state index in [4.69, 9.17) is 15.7 Å². The van der Waals surface area contributed by atoms with Gasteiger partial charge in [0.1, 0.15) is 0 Å². The van der Waals surface area contributed by atoms with E-state index in [1.807, 2.05) is 18.5 Å². The number of nitrogens with zero attached hydrogens (tertiary/aromatic N) is 5. The Labute approximate surface area is 243 Å². The second kappa shape index (κ2) is 16.1. The number of hydrogen-bond acceptors (Lipinski definition) is 7. The van der Waals surface area contributed by atoms with Gasteiger partial charge in [0, 0.05) is 55.4 Å². The molecule has 7 N–H and O–H groups in total. The van der Waals surface area contributed by atoms with Crippen LogP contribution >= 0.6 is 37.2 Å². The molecule has 0 spiro atoms. The maximum Gasteiger partial charge on any atom is 0.225 e. The van der Waals surface area contributed by atoms with Crippen LogP contribution in [0.2, 0.25) is 0 Å². The summed E-state index contributed by atoms with van der Waals surface area (Å²) in [6, 6.07) is 11.1. The standard InChI is InChI=1S/C26H33N7.3ClH.2H2O/c1-17(2)22(27)16-33-13-9-21(10-14-33)30-26-31-24-20(8-12-29-25(24)32-26)15-19-6-3-5-18-7-4-11-28-23(18)19;;;;;/h3-8,11-12,17,20-22H,9-10,13-16,27H2,1-2H3,(H,29,30,32);3*1H;2*1H2. The molecule has 12 heteroatoms. The van der Waals surface area contributed by atoms with Gasteiger partial charge in [-0.15, -0.1) is 37.2 Å². The molecule has 1 fully saturated rings. The van der Waals surface area contributed by atoms with Crippen LogP contribution in [0.5, 0.6) is 0 Å². The fourth-order valence-corrected chi connectivity index (χ4v) is 4.75. The molecular weight excluding hydrogens is 549 g/mol. The second-order valence-electron chi connectivity index (χ2n) is 9.66. The minimum Gasteiger partial charge on any atom is -0.412 e. The van der Waals surface area contributed by atoms with E-state index in [-0.39, 0.29) is 60.1 Å². The number of allylic oxidation sites excluding steroid dienone is 1. The first kappa shape index (κ1) is 35.9. The number of likely N-dealkylation sites (tertiary alicyclic amines) is 1. The molecule has 212 valence electrons. The Kier molecular flexibility index (Phi) is 15.2. The highest BCUT2D eigenvalue weighted by Crippen LogP contribution is 2.24. The predicted molar refractivity (Wildman–Crippen MR) is 165 cm³/mol. The van der Waals surface area contributed by atoms with E-state index in [0.717, 1.165) is 61.3 Å². The summed E-state index contributed by atoms with van der Waals surface area (Å²) in [5.74, 6) is 2.09. The average Bonchev–Trinajstić information content (AvgIpc) is 3.24. The van der Waals surface area contributed by atoms with Crippen LogP contribution in [-0.4, -0.2) is 70.1 Å². The topological polar surface area (TPSA) is 154 Å². The fraction of sp³-hybridized carbons (Fsp3) is 0.462. The normalized spacial score (nSPS) is 19.3. The Bertz CT molecular complexity index is 1140. The van der Waals surface area contributed by atoms with Crippen molar-refractivity contribution in [3.05, 3.63) is 54.4 Å². The SMILES string of the molecule is CC(C)C(N)CN1CCC(NC2=NC3=NC=CC(Cc4cccc5cccnc45)C3=N2)CC1.Cl.Cl.Cl.O.O. The molecule has 3 aliphatic heterocycles. The molecule has 38 heavy (non-hydrogen) atoms. The highest BCUT2D eigenvalue weighted by molar-refractivity contribution is 6.49. The van der Waals surface area contributed by atoms with Gasteiger partial charge in [-0.25, -0.2) is 9.98 Å². The summed E-state index contributed by atoms with van der Waals surface area (Å²) in [6.07, 6.45) is 8.82. The Morgan fingerprint density at radius 2 is 1.74 bits per heavy atom. The zero-order chi connectivity index (χ0) is 22.8. The third kappa shape index (κ3) is 8.19. The molecule has 0 radical (unpaired) electrons. The zero-order valence-electron chi connectivity index (χ0n) is 21.7. The number of pyridine rings is 1. The molecule has 0 amide bonds. The number of benzene rings is 1. The first-order chi connectivity index (χ1) is 16.1. The summed E-state index contributed by atoms with van der Waals surface area (Å²) in [5, 5.41) is 4.73. The van der Waals surface area contributed by atoms with Crippen LogP contribution in [0.4, 0.5) is 0 Å². The number of guanidine groups is 1. The van der Waals surface area contributed by atoms with Crippen molar-refractivity contribution in [2.24, 2.45) is 32.5 Å². The molecule has 2 unspecified atom stereocenters. The van der Waals surface area contributed by atoms with Crippen molar-refractivity contribution >= 4 is 65.6 Å². The summed E-state index contributed by atoms with van der Waals surface area (Å²) in [7, 11) is 0. The van der Waals surface area contributed by atoms with Gasteiger partial charge in [0.15, 0.2) is 5.84 Å². The van der Waals surface area contributed by atoms with Crippen LogP contribution < -0.4 is 11.1 Å². The van der Waals surface area contributed by atoms with E-state index in [1.165, 1.54) is 5.56 Å². The van der Waals surface area contributed by atoms with Crippen LogP contribution in [0.3, 0.4) is 0 Å². The molecule has 2 atom stereocenters. The first-order valence-corrected chi connectivity index (χ1v) is 12.1. The summed E-state index contributed by atoms with van der Waals surface area (Å²) < 4.78 is 0. The molecule has 9 nitrogen and oxygen atoms in total. The molecule has 0 aliphatic carbocycles. The lowest BCUT2D eigenvalue weighted by molar-refractivity contribution is 0.185. The van der Waals surface area contributed by atoms with E-state index in [2.05, 4.69) is 64.4 Å². The minimum atomic E-state index is 0. The Hall–Kier alpha value is -2.11. The molecule has 1 aromatic carbocycles. The predicted octanol–water partition coefficient (Wildman–Crippen LogP) is 2.78. The van der Waals surface area contributed by atoms with Gasteiger partial charge in [-0.3, -0.25) is 4.98 Å². The first-order valence-electron chi connectivity index (χ1n) is 12.1. The number of aromatic nitrogens is 1. The lowest BCUT2D eigenvalue weighted by Crippen LogP contribution is -2.48. The van der Waals surface area contributed by atoms with Gasteiger partial charge in [0.2, 0.25) is 5.96 Å². The van der Waals surface area contributed by atoms with Gasteiger partial charge in [-0.2, -0.15) is 4.99 Å². The third-order valence-electron chi connectivity index (χ3n) is 6.94. The van der Waals surface area contributed by atoms with Crippen LogP contribution in [0.15, 0.2) is 63.8 Å². The van der Waals surface area contributed by atoms with Crippen LogP contribution in [0.1, 0.15) is 32.3 Å². The van der Waals surface area contributed by atoms with E-state index in [9.17, 15) is 0 Å². The number of amidine groups is 1. The maximum absolute atomic E-state index is 6.26. The molecular formula is C26H40Cl3N7O2. The largest absolute Gasteiger partial charge is 0.412 e. The number of halogens is 3.